The smallest absolute Gasteiger partial charge is 0.254 e. The van der Waals surface area contributed by atoms with Crippen molar-refractivity contribution >= 4 is 5.91 Å². The molecule has 0 aromatic heterocycles. The molecule has 1 aromatic rings. The molecule has 1 aromatic carbocycles. The van der Waals surface area contributed by atoms with Gasteiger partial charge in [0.2, 0.25) is 0 Å². The van der Waals surface area contributed by atoms with E-state index in [1.807, 2.05) is 4.90 Å². The van der Waals surface area contributed by atoms with Crippen molar-refractivity contribution in [3.8, 4) is 11.5 Å². The second-order valence-corrected chi connectivity index (χ2v) is 4.90. The van der Waals surface area contributed by atoms with Crippen molar-refractivity contribution in [1.29, 1.82) is 0 Å². The molecule has 0 saturated carbocycles. The van der Waals surface area contributed by atoms with Crippen molar-refractivity contribution in [3.05, 3.63) is 23.8 Å². The number of nitrogens with zero attached hydrogens (tertiary/aromatic N) is 1. The summed E-state index contributed by atoms with van der Waals surface area (Å²) >= 11 is 0. The fourth-order valence-electron chi connectivity index (χ4n) is 2.50. The van der Waals surface area contributed by atoms with E-state index in [9.17, 15) is 15.0 Å². The molecule has 18 heavy (non-hydrogen) atoms. The van der Waals surface area contributed by atoms with E-state index in [1.54, 1.807) is 6.07 Å². The molecule has 1 amide bonds. The molecule has 1 saturated heterocycles. The number of amides is 1. The highest BCUT2D eigenvalue weighted by Crippen LogP contribution is 2.27. The molecule has 1 fully saturated rings. The van der Waals surface area contributed by atoms with E-state index < -0.39 is 0 Å². The van der Waals surface area contributed by atoms with E-state index in [2.05, 4.69) is 6.92 Å². The number of aromatic hydroxyl groups is 2. The molecule has 0 aliphatic carbocycles. The predicted octanol–water partition coefficient (Wildman–Crippen LogP) is 2.36. The second kappa shape index (κ2) is 5.29. The van der Waals surface area contributed by atoms with Gasteiger partial charge in [-0.1, -0.05) is 13.3 Å². The Kier molecular flexibility index (Phi) is 3.75. The first-order valence-corrected chi connectivity index (χ1v) is 6.43. The average Bonchev–Trinajstić information content (AvgIpc) is 2.81. The van der Waals surface area contributed by atoms with Crippen LogP contribution in [-0.4, -0.2) is 34.1 Å². The normalized spacial score (nSPS) is 19.2. The molecule has 1 unspecified atom stereocenters. The number of hydrogen-bond donors (Lipinski definition) is 2. The summed E-state index contributed by atoms with van der Waals surface area (Å²) in [6.45, 7) is 3.74. The van der Waals surface area contributed by atoms with Crippen LogP contribution in [0.3, 0.4) is 0 Å². The Balaban J connectivity index is 2.05. The molecule has 0 spiro atoms. The monoisotopic (exact) mass is 249 g/mol. The fourth-order valence-corrected chi connectivity index (χ4v) is 2.50. The maximum Gasteiger partial charge on any atom is 0.254 e. The first-order valence-electron chi connectivity index (χ1n) is 6.43. The third-order valence-electron chi connectivity index (χ3n) is 3.49. The third kappa shape index (κ3) is 2.58. The molecule has 1 heterocycles. The minimum Gasteiger partial charge on any atom is -0.504 e. The highest BCUT2D eigenvalue weighted by atomic mass is 16.3. The largest absolute Gasteiger partial charge is 0.504 e. The first-order chi connectivity index (χ1) is 8.61. The lowest BCUT2D eigenvalue weighted by Crippen LogP contribution is -2.28. The molecule has 98 valence electrons. The number of phenols is 2. The lowest BCUT2D eigenvalue weighted by molar-refractivity contribution is 0.0786. The zero-order chi connectivity index (χ0) is 13.1. The number of carbonyl (C=O) groups excluding carboxylic acids is 1. The van der Waals surface area contributed by atoms with Crippen molar-refractivity contribution in [3.63, 3.8) is 0 Å². The Labute approximate surface area is 107 Å². The van der Waals surface area contributed by atoms with E-state index in [0.717, 1.165) is 32.4 Å². The van der Waals surface area contributed by atoms with Gasteiger partial charge in [0.05, 0.1) is 0 Å². The summed E-state index contributed by atoms with van der Waals surface area (Å²) in [5.74, 6) is 0.0931. The molecular formula is C14H19NO3. The summed E-state index contributed by atoms with van der Waals surface area (Å²) in [4.78, 5) is 14.0. The topological polar surface area (TPSA) is 60.8 Å². The summed E-state index contributed by atoms with van der Waals surface area (Å²) in [5.41, 5.74) is 0.433. The molecule has 4 nitrogen and oxygen atoms in total. The van der Waals surface area contributed by atoms with Crippen LogP contribution < -0.4 is 0 Å². The molecule has 0 bridgehead atoms. The van der Waals surface area contributed by atoms with Crippen molar-refractivity contribution in [2.24, 2.45) is 5.92 Å². The molecule has 1 atom stereocenters. The van der Waals surface area contributed by atoms with Crippen LogP contribution >= 0.6 is 0 Å². The van der Waals surface area contributed by atoms with Crippen LogP contribution in [0.5, 0.6) is 11.5 Å². The van der Waals surface area contributed by atoms with Crippen LogP contribution in [0.4, 0.5) is 0 Å². The third-order valence-corrected chi connectivity index (χ3v) is 3.49. The molecular weight excluding hydrogens is 230 g/mol. The van der Waals surface area contributed by atoms with Crippen molar-refractivity contribution in [1.82, 2.24) is 4.90 Å². The number of rotatable bonds is 3. The Bertz CT molecular complexity index is 445. The maximum absolute atomic E-state index is 12.2. The lowest BCUT2D eigenvalue weighted by Gasteiger charge is -2.16. The lowest BCUT2D eigenvalue weighted by atomic mass is 10.0. The molecule has 4 heteroatoms. The quantitative estimate of drug-likeness (QED) is 0.808. The van der Waals surface area contributed by atoms with Gasteiger partial charge in [0.15, 0.2) is 11.5 Å². The van der Waals surface area contributed by atoms with Crippen LogP contribution in [0.25, 0.3) is 0 Å². The summed E-state index contributed by atoms with van der Waals surface area (Å²) in [5, 5.41) is 18.6. The van der Waals surface area contributed by atoms with Crippen molar-refractivity contribution in [2.45, 2.75) is 26.2 Å². The van der Waals surface area contributed by atoms with Gasteiger partial charge >= 0.3 is 0 Å². The van der Waals surface area contributed by atoms with Gasteiger partial charge in [-0.25, -0.2) is 0 Å². The van der Waals surface area contributed by atoms with Crippen LogP contribution in [0, 0.1) is 5.92 Å². The Morgan fingerprint density at radius 2 is 2.17 bits per heavy atom. The summed E-state index contributed by atoms with van der Waals surface area (Å²) in [7, 11) is 0. The van der Waals surface area contributed by atoms with Gasteiger partial charge in [-0.15, -0.1) is 0 Å². The van der Waals surface area contributed by atoms with E-state index >= 15 is 0 Å². The maximum atomic E-state index is 12.2. The zero-order valence-corrected chi connectivity index (χ0v) is 10.6. The number of phenolic OH excluding ortho intramolecular Hbond substituents is 2. The van der Waals surface area contributed by atoms with Gasteiger partial charge in [-0.3, -0.25) is 4.79 Å². The standard InChI is InChI=1S/C14H19NO3/c1-2-3-10-6-7-15(9-10)14(18)11-4-5-12(16)13(17)8-11/h4-5,8,10,16-17H,2-3,6-7,9H2,1H3. The van der Waals surface area contributed by atoms with Crippen molar-refractivity contribution < 1.29 is 15.0 Å². The van der Waals surface area contributed by atoms with Crippen LogP contribution in [-0.2, 0) is 0 Å². The van der Waals surface area contributed by atoms with E-state index in [0.29, 0.717) is 11.5 Å². The van der Waals surface area contributed by atoms with Gasteiger partial charge in [-0.05, 0) is 37.0 Å². The Morgan fingerprint density at radius 3 is 2.83 bits per heavy atom. The van der Waals surface area contributed by atoms with Crippen LogP contribution in [0.1, 0.15) is 36.5 Å². The number of hydrogen-bond acceptors (Lipinski definition) is 3. The Morgan fingerprint density at radius 1 is 1.39 bits per heavy atom. The van der Waals surface area contributed by atoms with Gasteiger partial charge in [0.1, 0.15) is 0 Å². The van der Waals surface area contributed by atoms with Gasteiger partial charge < -0.3 is 15.1 Å². The van der Waals surface area contributed by atoms with Gasteiger partial charge in [0.25, 0.3) is 5.91 Å². The van der Waals surface area contributed by atoms with Crippen LogP contribution in [0.15, 0.2) is 18.2 Å². The number of carbonyl (C=O) groups is 1. The predicted molar refractivity (Wildman–Crippen MR) is 68.7 cm³/mol. The number of likely N-dealkylation sites (tertiary alicyclic amines) is 1. The van der Waals surface area contributed by atoms with Gasteiger partial charge in [0, 0.05) is 18.7 Å². The minimum absolute atomic E-state index is 0.0658. The van der Waals surface area contributed by atoms with Gasteiger partial charge in [-0.2, -0.15) is 0 Å². The molecule has 2 rings (SSSR count). The highest BCUT2D eigenvalue weighted by molar-refractivity contribution is 5.95. The summed E-state index contributed by atoms with van der Waals surface area (Å²) < 4.78 is 0. The van der Waals surface area contributed by atoms with Crippen molar-refractivity contribution in [2.75, 3.05) is 13.1 Å². The summed E-state index contributed by atoms with van der Waals surface area (Å²) in [6, 6.07) is 4.22. The van der Waals surface area contributed by atoms with Crippen LogP contribution in [0.2, 0.25) is 0 Å². The van der Waals surface area contributed by atoms with E-state index in [-0.39, 0.29) is 17.4 Å². The average molecular weight is 249 g/mol. The number of benzene rings is 1. The Hall–Kier alpha value is -1.71. The SMILES string of the molecule is CCCC1CCN(C(=O)c2ccc(O)c(O)c2)C1. The summed E-state index contributed by atoms with van der Waals surface area (Å²) in [6.07, 6.45) is 3.36. The fraction of sp³-hybridized carbons (Fsp3) is 0.500. The molecule has 1 aliphatic heterocycles. The van der Waals surface area contributed by atoms with E-state index in [4.69, 9.17) is 0 Å². The highest BCUT2D eigenvalue weighted by Gasteiger charge is 2.26. The zero-order valence-electron chi connectivity index (χ0n) is 10.6. The molecule has 0 radical (unpaired) electrons. The first kappa shape index (κ1) is 12.7. The second-order valence-electron chi connectivity index (χ2n) is 4.90. The molecule has 2 N–H and O–H groups in total. The molecule has 1 aliphatic rings. The van der Waals surface area contributed by atoms with E-state index in [1.165, 1.54) is 12.1 Å². The minimum atomic E-state index is -0.245.